The van der Waals surface area contributed by atoms with Crippen LogP contribution in [0, 0.1) is 0 Å². The van der Waals surface area contributed by atoms with Crippen LogP contribution in [0.5, 0.6) is 5.75 Å². The van der Waals surface area contributed by atoms with Gasteiger partial charge in [0.05, 0.1) is 7.11 Å². The van der Waals surface area contributed by atoms with Crippen LogP contribution >= 0.6 is 0 Å². The summed E-state index contributed by atoms with van der Waals surface area (Å²) in [5, 5.41) is 0. The zero-order valence-electron chi connectivity index (χ0n) is 10.4. The zero-order valence-corrected chi connectivity index (χ0v) is 10.4. The fourth-order valence-corrected chi connectivity index (χ4v) is 2.49. The van der Waals surface area contributed by atoms with Crippen molar-refractivity contribution in [3.8, 4) is 5.75 Å². The summed E-state index contributed by atoms with van der Waals surface area (Å²) in [4.78, 5) is 13.5. The van der Waals surface area contributed by atoms with Crippen LogP contribution in [-0.2, 0) is 4.79 Å². The Labute approximate surface area is 101 Å². The molecule has 1 aromatic rings. The number of hydrogen-bond donors (Lipinski definition) is 1. The van der Waals surface area contributed by atoms with Crippen molar-refractivity contribution in [2.45, 2.75) is 32.4 Å². The summed E-state index contributed by atoms with van der Waals surface area (Å²) in [7, 11) is 1.63. The third kappa shape index (κ3) is 2.00. The molecule has 1 aliphatic heterocycles. The summed E-state index contributed by atoms with van der Waals surface area (Å²) < 4.78 is 5.19. The van der Waals surface area contributed by atoms with Gasteiger partial charge in [-0.25, -0.2) is 0 Å². The third-order valence-electron chi connectivity index (χ3n) is 3.27. The van der Waals surface area contributed by atoms with E-state index in [9.17, 15) is 4.79 Å². The minimum absolute atomic E-state index is 0.0364. The molecule has 0 bridgehead atoms. The summed E-state index contributed by atoms with van der Waals surface area (Å²) in [5.41, 5.74) is 8.02. The molecule has 2 unspecified atom stereocenters. The molecule has 17 heavy (non-hydrogen) atoms. The van der Waals surface area contributed by atoms with Gasteiger partial charge in [-0.05, 0) is 37.1 Å². The van der Waals surface area contributed by atoms with Gasteiger partial charge in [0.25, 0.3) is 0 Å². The highest BCUT2D eigenvalue weighted by Gasteiger charge is 2.30. The summed E-state index contributed by atoms with van der Waals surface area (Å²) in [5.74, 6) is 0.827. The Bertz CT molecular complexity index is 445. The minimum atomic E-state index is -0.0364. The second-order valence-corrected chi connectivity index (χ2v) is 4.50. The summed E-state index contributed by atoms with van der Waals surface area (Å²) in [6.07, 6.45) is 0.778. The quantitative estimate of drug-likeness (QED) is 0.806. The summed E-state index contributed by atoms with van der Waals surface area (Å²) >= 11 is 0. The van der Waals surface area contributed by atoms with Crippen molar-refractivity contribution in [2.75, 3.05) is 12.0 Å². The maximum absolute atomic E-state index is 11.7. The lowest BCUT2D eigenvalue weighted by molar-refractivity contribution is -0.117. The second kappa shape index (κ2) is 4.37. The predicted octanol–water partition coefficient (Wildman–Crippen LogP) is 1.84. The molecule has 0 saturated carbocycles. The van der Waals surface area contributed by atoms with Gasteiger partial charge < -0.3 is 15.4 Å². The zero-order chi connectivity index (χ0) is 12.6. The van der Waals surface area contributed by atoms with Crippen molar-refractivity contribution in [3.05, 3.63) is 23.8 Å². The summed E-state index contributed by atoms with van der Waals surface area (Å²) in [6.45, 7) is 3.61. The van der Waals surface area contributed by atoms with Crippen LogP contribution in [-0.4, -0.2) is 19.1 Å². The van der Waals surface area contributed by atoms with Gasteiger partial charge in [0.2, 0.25) is 5.91 Å². The van der Waals surface area contributed by atoms with Crippen LogP contribution in [0.3, 0.4) is 0 Å². The molecule has 0 saturated heterocycles. The maximum Gasteiger partial charge on any atom is 0.224 e. The van der Waals surface area contributed by atoms with Crippen LogP contribution in [0.2, 0.25) is 0 Å². The summed E-state index contributed by atoms with van der Waals surface area (Å²) in [6, 6.07) is 5.79. The second-order valence-electron chi connectivity index (χ2n) is 4.50. The van der Waals surface area contributed by atoms with Crippen LogP contribution in [0.15, 0.2) is 18.2 Å². The number of nitrogens with two attached hydrogens (primary N) is 1. The van der Waals surface area contributed by atoms with Crippen LogP contribution in [0.4, 0.5) is 5.69 Å². The SMILES string of the molecule is COc1ccc2c(c1)C(N)CC(C)N2C(C)=O. The van der Waals surface area contributed by atoms with E-state index < -0.39 is 0 Å². The molecular weight excluding hydrogens is 216 g/mol. The van der Waals surface area contributed by atoms with Gasteiger partial charge in [-0.1, -0.05) is 0 Å². The van der Waals surface area contributed by atoms with Crippen molar-refractivity contribution in [1.29, 1.82) is 0 Å². The highest BCUT2D eigenvalue weighted by Crippen LogP contribution is 2.37. The number of hydrogen-bond acceptors (Lipinski definition) is 3. The first-order chi connectivity index (χ1) is 8.04. The van der Waals surface area contributed by atoms with Crippen LogP contribution in [0.25, 0.3) is 0 Å². The Kier molecular flexibility index (Phi) is 3.07. The van der Waals surface area contributed by atoms with Crippen LogP contribution in [0.1, 0.15) is 31.9 Å². The minimum Gasteiger partial charge on any atom is -0.497 e. The first kappa shape index (κ1) is 11.9. The van der Waals surface area contributed by atoms with Crippen molar-refractivity contribution >= 4 is 11.6 Å². The lowest BCUT2D eigenvalue weighted by Gasteiger charge is -2.37. The number of nitrogens with zero attached hydrogens (tertiary/aromatic N) is 1. The van der Waals surface area contributed by atoms with Gasteiger partial charge in [0, 0.05) is 24.7 Å². The Morgan fingerprint density at radius 1 is 1.53 bits per heavy atom. The Morgan fingerprint density at radius 3 is 2.82 bits per heavy atom. The topological polar surface area (TPSA) is 55.6 Å². The van der Waals surface area contributed by atoms with E-state index in [0.29, 0.717) is 0 Å². The van der Waals surface area contributed by atoms with Crippen molar-refractivity contribution < 1.29 is 9.53 Å². The molecule has 0 radical (unpaired) electrons. The number of carbonyl (C=O) groups excluding carboxylic acids is 1. The average Bonchev–Trinajstić information content (AvgIpc) is 2.28. The molecule has 1 aromatic carbocycles. The molecule has 2 atom stereocenters. The molecule has 0 fully saturated rings. The highest BCUT2D eigenvalue weighted by atomic mass is 16.5. The van der Waals surface area contributed by atoms with E-state index >= 15 is 0 Å². The number of benzene rings is 1. The monoisotopic (exact) mass is 234 g/mol. The van der Waals surface area contributed by atoms with Crippen molar-refractivity contribution in [2.24, 2.45) is 5.73 Å². The largest absolute Gasteiger partial charge is 0.497 e. The standard InChI is InChI=1S/C13H18N2O2/c1-8-6-12(14)11-7-10(17-3)4-5-13(11)15(8)9(2)16/h4-5,7-8,12H,6,14H2,1-3H3. The van der Waals surface area contributed by atoms with Gasteiger partial charge in [-0.2, -0.15) is 0 Å². The smallest absolute Gasteiger partial charge is 0.224 e. The first-order valence-corrected chi connectivity index (χ1v) is 5.78. The third-order valence-corrected chi connectivity index (χ3v) is 3.27. The van der Waals surface area contributed by atoms with Gasteiger partial charge in [-0.3, -0.25) is 4.79 Å². The molecule has 2 rings (SSSR count). The molecule has 4 heteroatoms. The Hall–Kier alpha value is -1.55. The number of rotatable bonds is 1. The average molecular weight is 234 g/mol. The highest BCUT2D eigenvalue weighted by molar-refractivity contribution is 5.93. The fourth-order valence-electron chi connectivity index (χ4n) is 2.49. The molecule has 1 aliphatic rings. The molecule has 0 aromatic heterocycles. The Balaban J connectivity index is 2.51. The normalized spacial score (nSPS) is 23.2. The molecule has 0 spiro atoms. The maximum atomic E-state index is 11.7. The van der Waals surface area contributed by atoms with Gasteiger partial charge in [0.1, 0.15) is 5.75 Å². The number of anilines is 1. The number of methoxy groups -OCH3 is 1. The Morgan fingerprint density at radius 2 is 2.24 bits per heavy atom. The van der Waals surface area contributed by atoms with Crippen molar-refractivity contribution in [3.63, 3.8) is 0 Å². The number of fused-ring (bicyclic) bond motifs is 1. The molecule has 92 valence electrons. The van der Waals surface area contributed by atoms with E-state index in [0.717, 1.165) is 23.4 Å². The molecular formula is C13H18N2O2. The number of carbonyl (C=O) groups is 1. The van der Waals surface area contributed by atoms with Gasteiger partial charge >= 0.3 is 0 Å². The molecule has 2 N–H and O–H groups in total. The van der Waals surface area contributed by atoms with E-state index in [1.807, 2.05) is 25.1 Å². The van der Waals surface area contributed by atoms with E-state index in [4.69, 9.17) is 10.5 Å². The molecule has 4 nitrogen and oxygen atoms in total. The van der Waals surface area contributed by atoms with Gasteiger partial charge in [0.15, 0.2) is 0 Å². The lowest BCUT2D eigenvalue weighted by atomic mass is 9.92. The van der Waals surface area contributed by atoms with E-state index in [2.05, 4.69) is 0 Å². The van der Waals surface area contributed by atoms with Crippen LogP contribution < -0.4 is 15.4 Å². The van der Waals surface area contributed by atoms with Crippen molar-refractivity contribution in [1.82, 2.24) is 0 Å². The number of amides is 1. The van der Waals surface area contributed by atoms with E-state index in [1.165, 1.54) is 0 Å². The fraction of sp³-hybridized carbons (Fsp3) is 0.462. The molecule has 0 aliphatic carbocycles. The lowest BCUT2D eigenvalue weighted by Crippen LogP contribution is -2.43. The van der Waals surface area contributed by atoms with E-state index in [1.54, 1.807) is 18.9 Å². The molecule has 1 heterocycles. The first-order valence-electron chi connectivity index (χ1n) is 5.78. The predicted molar refractivity (Wildman–Crippen MR) is 67.2 cm³/mol. The van der Waals surface area contributed by atoms with E-state index in [-0.39, 0.29) is 18.0 Å². The number of ether oxygens (including phenoxy) is 1. The van der Waals surface area contributed by atoms with Gasteiger partial charge in [-0.15, -0.1) is 0 Å². The molecule has 1 amide bonds.